The van der Waals surface area contributed by atoms with Crippen LogP contribution in [0.4, 0.5) is 13.2 Å². The minimum absolute atomic E-state index is 0.198. The van der Waals surface area contributed by atoms with Gasteiger partial charge in [-0.3, -0.25) is 9.69 Å². The van der Waals surface area contributed by atoms with Gasteiger partial charge in [0.15, 0.2) is 6.10 Å². The molecule has 0 fully saturated rings. The second-order valence-corrected chi connectivity index (χ2v) is 9.34. The van der Waals surface area contributed by atoms with Crippen molar-refractivity contribution in [3.05, 3.63) is 35.9 Å². The number of hydrogen-bond acceptors (Lipinski definition) is 5. The van der Waals surface area contributed by atoms with Gasteiger partial charge in [0, 0.05) is 13.1 Å². The molecule has 0 saturated carbocycles. The summed E-state index contributed by atoms with van der Waals surface area (Å²) >= 11 is 0. The van der Waals surface area contributed by atoms with Gasteiger partial charge in [0.25, 0.3) is 0 Å². The zero-order chi connectivity index (χ0) is 27.4. The van der Waals surface area contributed by atoms with E-state index in [9.17, 15) is 18.0 Å². The van der Waals surface area contributed by atoms with Crippen molar-refractivity contribution in [3.8, 4) is 5.75 Å². The number of ether oxygens (including phenoxy) is 2. The molecule has 8 heteroatoms. The second-order valence-electron chi connectivity index (χ2n) is 9.34. The molecule has 0 bridgehead atoms. The number of carbonyl (C=O) groups excluding carboxylic acids is 1. The molecule has 0 spiro atoms. The Balaban J connectivity index is 2.39. The zero-order valence-corrected chi connectivity index (χ0v) is 22.6. The number of nitrogens with zero attached hydrogens (tertiary/aromatic N) is 1. The normalized spacial score (nSPS) is 12.8. The number of aliphatic hydroxyl groups is 1. The number of esters is 1. The maximum absolute atomic E-state index is 12.4. The highest BCUT2D eigenvalue weighted by Crippen LogP contribution is 2.22. The van der Waals surface area contributed by atoms with E-state index in [4.69, 9.17) is 14.6 Å². The minimum atomic E-state index is -4.67. The molecule has 1 unspecified atom stereocenters. The fourth-order valence-electron chi connectivity index (χ4n) is 3.92. The molecule has 0 aliphatic rings. The van der Waals surface area contributed by atoms with Gasteiger partial charge in [0.1, 0.15) is 12.4 Å². The number of alkyl halides is 3. The van der Waals surface area contributed by atoms with Crippen LogP contribution in [0, 0.1) is 0 Å². The Morgan fingerprint density at radius 1 is 0.919 bits per heavy atom. The Morgan fingerprint density at radius 2 is 1.51 bits per heavy atom. The number of hydrogen-bond donors (Lipinski definition) is 1. The van der Waals surface area contributed by atoms with Crippen LogP contribution < -0.4 is 4.74 Å². The predicted molar refractivity (Wildman–Crippen MR) is 143 cm³/mol. The van der Waals surface area contributed by atoms with Crippen LogP contribution in [0.25, 0.3) is 6.08 Å². The van der Waals surface area contributed by atoms with Crippen molar-refractivity contribution in [1.29, 1.82) is 0 Å². The summed E-state index contributed by atoms with van der Waals surface area (Å²) in [6.07, 6.45) is 7.82. The number of benzene rings is 1. The SMILES string of the molecule is CCCCCCCCCCCCN(CCOc1ccc(/C=C/C(O)C(F)(F)F)cc1)CCC(=O)OCC. The average molecular weight is 530 g/mol. The summed E-state index contributed by atoms with van der Waals surface area (Å²) in [5.74, 6) is 0.411. The lowest BCUT2D eigenvalue weighted by Crippen LogP contribution is -2.32. The molecule has 1 atom stereocenters. The monoisotopic (exact) mass is 529 g/mol. The average Bonchev–Trinajstić information content (AvgIpc) is 2.86. The van der Waals surface area contributed by atoms with Crippen LogP contribution in [-0.2, 0) is 9.53 Å². The van der Waals surface area contributed by atoms with Crippen molar-refractivity contribution < 1.29 is 32.5 Å². The van der Waals surface area contributed by atoms with Crippen molar-refractivity contribution in [1.82, 2.24) is 4.90 Å². The van der Waals surface area contributed by atoms with Crippen molar-refractivity contribution in [2.75, 3.05) is 32.8 Å². The lowest BCUT2D eigenvalue weighted by Gasteiger charge is -2.22. The van der Waals surface area contributed by atoms with E-state index in [1.54, 1.807) is 31.2 Å². The molecule has 0 aliphatic heterocycles. The second kappa shape index (κ2) is 20.0. The number of aliphatic hydroxyl groups excluding tert-OH is 1. The van der Waals surface area contributed by atoms with E-state index in [2.05, 4.69) is 11.8 Å². The van der Waals surface area contributed by atoms with Gasteiger partial charge in [0.2, 0.25) is 0 Å². The van der Waals surface area contributed by atoms with Gasteiger partial charge in [0.05, 0.1) is 13.0 Å². The number of halogens is 3. The van der Waals surface area contributed by atoms with Crippen molar-refractivity contribution in [3.63, 3.8) is 0 Å². The van der Waals surface area contributed by atoms with Gasteiger partial charge in [-0.1, -0.05) is 82.9 Å². The Labute approximate surface area is 221 Å². The van der Waals surface area contributed by atoms with Crippen LogP contribution in [0.2, 0.25) is 0 Å². The van der Waals surface area contributed by atoms with E-state index in [1.165, 1.54) is 63.9 Å². The quantitative estimate of drug-likeness (QED) is 0.135. The van der Waals surface area contributed by atoms with Crippen LogP contribution in [0.3, 0.4) is 0 Å². The first kappa shape index (κ1) is 33.0. The molecule has 0 saturated heterocycles. The highest BCUT2D eigenvalue weighted by Gasteiger charge is 2.36. The van der Waals surface area contributed by atoms with Crippen LogP contribution in [0.1, 0.15) is 90.0 Å². The van der Waals surface area contributed by atoms with E-state index in [-0.39, 0.29) is 5.97 Å². The topological polar surface area (TPSA) is 59.0 Å². The highest BCUT2D eigenvalue weighted by atomic mass is 19.4. The zero-order valence-electron chi connectivity index (χ0n) is 22.6. The molecule has 0 amide bonds. The van der Waals surface area contributed by atoms with E-state index < -0.39 is 12.3 Å². The molecule has 0 heterocycles. The lowest BCUT2D eigenvalue weighted by atomic mass is 10.1. The van der Waals surface area contributed by atoms with E-state index in [0.717, 1.165) is 13.0 Å². The molecule has 1 N–H and O–H groups in total. The molecule has 37 heavy (non-hydrogen) atoms. The predicted octanol–water partition coefficient (Wildman–Crippen LogP) is 7.18. The highest BCUT2D eigenvalue weighted by molar-refractivity contribution is 5.69. The fourth-order valence-corrected chi connectivity index (χ4v) is 3.92. The van der Waals surface area contributed by atoms with E-state index in [0.29, 0.717) is 50.1 Å². The Bertz CT molecular complexity index is 738. The van der Waals surface area contributed by atoms with Gasteiger partial charge in [-0.05, 0) is 43.7 Å². The van der Waals surface area contributed by atoms with Gasteiger partial charge in [-0.2, -0.15) is 13.2 Å². The third-order valence-corrected chi connectivity index (χ3v) is 6.13. The molecule has 1 aromatic rings. The van der Waals surface area contributed by atoms with E-state index in [1.807, 2.05) is 0 Å². The number of rotatable bonds is 21. The Morgan fingerprint density at radius 3 is 2.08 bits per heavy atom. The van der Waals surface area contributed by atoms with Gasteiger partial charge < -0.3 is 14.6 Å². The summed E-state index contributed by atoms with van der Waals surface area (Å²) in [6, 6.07) is 6.64. The molecule has 1 rings (SSSR count). The lowest BCUT2D eigenvalue weighted by molar-refractivity contribution is -0.187. The molecule has 1 aromatic carbocycles. The minimum Gasteiger partial charge on any atom is -0.492 e. The molecule has 5 nitrogen and oxygen atoms in total. The summed E-state index contributed by atoms with van der Waals surface area (Å²) in [4.78, 5) is 14.0. The maximum Gasteiger partial charge on any atom is 0.417 e. The van der Waals surface area contributed by atoms with Gasteiger partial charge >= 0.3 is 12.1 Å². The molecular weight excluding hydrogens is 483 g/mol. The largest absolute Gasteiger partial charge is 0.492 e. The first-order valence-electron chi connectivity index (χ1n) is 13.8. The van der Waals surface area contributed by atoms with Crippen molar-refractivity contribution in [2.45, 2.75) is 96.8 Å². The van der Waals surface area contributed by atoms with Gasteiger partial charge in [-0.15, -0.1) is 0 Å². The molecule has 212 valence electrons. The Kier molecular flexibility index (Phi) is 17.8. The summed E-state index contributed by atoms with van der Waals surface area (Å²) in [6.45, 7) is 7.01. The molecule has 0 radical (unpaired) electrons. The van der Waals surface area contributed by atoms with E-state index >= 15 is 0 Å². The maximum atomic E-state index is 12.4. The van der Waals surface area contributed by atoms with Crippen LogP contribution in [0.15, 0.2) is 30.3 Å². The standard InChI is InChI=1S/C29H46F3NO4/c1-3-5-6-7-8-9-10-11-12-13-21-33(22-20-28(35)36-4-2)23-24-37-26-17-14-25(15-18-26)16-19-27(34)29(30,31)32/h14-19,27,34H,3-13,20-24H2,1-2H3/b19-16+. The first-order chi connectivity index (χ1) is 17.8. The molecule has 0 aliphatic carbocycles. The van der Waals surface area contributed by atoms with Crippen LogP contribution >= 0.6 is 0 Å². The number of carbonyl (C=O) groups is 1. The summed E-state index contributed by atoms with van der Waals surface area (Å²) in [5.41, 5.74) is 0.535. The van der Waals surface area contributed by atoms with Crippen molar-refractivity contribution in [2.24, 2.45) is 0 Å². The summed E-state index contributed by atoms with van der Waals surface area (Å²) in [5, 5.41) is 9.06. The summed E-state index contributed by atoms with van der Waals surface area (Å²) in [7, 11) is 0. The summed E-state index contributed by atoms with van der Waals surface area (Å²) < 4.78 is 48.1. The fraction of sp³-hybridized carbons (Fsp3) is 0.690. The van der Waals surface area contributed by atoms with Gasteiger partial charge in [-0.25, -0.2) is 0 Å². The molecule has 0 aromatic heterocycles. The molecular formula is C29H46F3NO4. The van der Waals surface area contributed by atoms with Crippen LogP contribution in [-0.4, -0.2) is 61.1 Å². The smallest absolute Gasteiger partial charge is 0.417 e. The Hall–Kier alpha value is -2.06. The number of unbranched alkanes of at least 4 members (excludes halogenated alkanes) is 9. The third kappa shape index (κ3) is 17.1. The third-order valence-electron chi connectivity index (χ3n) is 6.13. The van der Waals surface area contributed by atoms with Crippen molar-refractivity contribution >= 4 is 12.0 Å². The first-order valence-corrected chi connectivity index (χ1v) is 13.8. The van der Waals surface area contributed by atoms with Crippen LogP contribution in [0.5, 0.6) is 5.75 Å².